The van der Waals surface area contributed by atoms with E-state index in [1.54, 1.807) is 5.38 Å². The van der Waals surface area contributed by atoms with E-state index in [0.717, 1.165) is 4.47 Å². The zero-order valence-electron chi connectivity index (χ0n) is 6.66. The van der Waals surface area contributed by atoms with E-state index < -0.39 is 16.4 Å². The monoisotopic (exact) mass is 275 g/mol. The smallest absolute Gasteiger partial charge is 0.258 e. The van der Waals surface area contributed by atoms with Crippen LogP contribution in [0.4, 0.5) is 10.1 Å². The van der Waals surface area contributed by atoms with Crippen LogP contribution >= 0.6 is 27.3 Å². The summed E-state index contributed by atoms with van der Waals surface area (Å²) in [6.45, 7) is 0. The van der Waals surface area contributed by atoms with Crippen molar-refractivity contribution >= 4 is 43.0 Å². The van der Waals surface area contributed by atoms with Crippen molar-refractivity contribution in [3.8, 4) is 0 Å². The second-order valence-corrected chi connectivity index (χ2v) is 4.41. The van der Waals surface area contributed by atoms with Crippen LogP contribution in [0, 0.1) is 15.9 Å². The van der Waals surface area contributed by atoms with Crippen LogP contribution in [0.3, 0.4) is 0 Å². The summed E-state index contributed by atoms with van der Waals surface area (Å²) < 4.78 is 14.6. The van der Waals surface area contributed by atoms with E-state index in [9.17, 15) is 14.5 Å². The number of thiophene rings is 1. The number of fused-ring (bicyclic) bond motifs is 1. The third-order valence-corrected chi connectivity index (χ3v) is 3.70. The Hall–Kier alpha value is -1.01. The molecule has 2 aromatic rings. The van der Waals surface area contributed by atoms with E-state index in [4.69, 9.17) is 0 Å². The van der Waals surface area contributed by atoms with Gasteiger partial charge in [0.2, 0.25) is 5.82 Å². The lowest BCUT2D eigenvalue weighted by molar-refractivity contribution is -0.387. The fourth-order valence-electron chi connectivity index (χ4n) is 1.15. The number of rotatable bonds is 1. The van der Waals surface area contributed by atoms with Crippen molar-refractivity contribution in [2.45, 2.75) is 0 Å². The van der Waals surface area contributed by atoms with E-state index in [1.807, 2.05) is 0 Å². The Morgan fingerprint density at radius 2 is 2.21 bits per heavy atom. The number of hydrogen-bond acceptors (Lipinski definition) is 3. The first kappa shape index (κ1) is 9.54. The molecule has 6 heteroatoms. The molecule has 0 radical (unpaired) electrons. The van der Waals surface area contributed by atoms with Gasteiger partial charge in [0.25, 0.3) is 0 Å². The van der Waals surface area contributed by atoms with E-state index in [1.165, 1.54) is 23.5 Å². The molecule has 0 N–H and O–H groups in total. The van der Waals surface area contributed by atoms with Crippen LogP contribution in [0.2, 0.25) is 0 Å². The fourth-order valence-corrected chi connectivity index (χ4v) is 2.72. The maximum absolute atomic E-state index is 13.2. The van der Waals surface area contributed by atoms with E-state index in [0.29, 0.717) is 10.1 Å². The summed E-state index contributed by atoms with van der Waals surface area (Å²) in [6.07, 6.45) is 0. The molecule has 0 aliphatic carbocycles. The summed E-state index contributed by atoms with van der Waals surface area (Å²) in [6, 6.07) is 2.42. The van der Waals surface area contributed by atoms with E-state index >= 15 is 0 Å². The molecule has 0 saturated heterocycles. The molecule has 0 spiro atoms. The van der Waals surface area contributed by atoms with Gasteiger partial charge in [0.15, 0.2) is 0 Å². The van der Waals surface area contributed by atoms with Crippen LogP contribution in [-0.2, 0) is 0 Å². The Bertz CT molecular complexity index is 525. The molecule has 72 valence electrons. The molecule has 0 amide bonds. The first-order valence-corrected chi connectivity index (χ1v) is 5.27. The van der Waals surface area contributed by atoms with Gasteiger partial charge in [0.05, 0.1) is 4.92 Å². The molecule has 0 fully saturated rings. The van der Waals surface area contributed by atoms with Crippen LogP contribution in [0.15, 0.2) is 22.0 Å². The summed E-state index contributed by atoms with van der Waals surface area (Å²) in [4.78, 5) is 9.71. The van der Waals surface area contributed by atoms with Crippen LogP contribution in [-0.4, -0.2) is 4.92 Å². The molecule has 0 aliphatic rings. The summed E-state index contributed by atoms with van der Waals surface area (Å²) in [7, 11) is 0. The van der Waals surface area contributed by atoms with Gasteiger partial charge in [-0.05, 0) is 22.0 Å². The maximum Gasteiger partial charge on any atom is 0.306 e. The van der Waals surface area contributed by atoms with E-state index in [2.05, 4.69) is 15.9 Å². The summed E-state index contributed by atoms with van der Waals surface area (Å²) >= 11 is 4.57. The Balaban J connectivity index is 2.79. The lowest BCUT2D eigenvalue weighted by Crippen LogP contribution is -1.91. The molecule has 0 bridgehead atoms. The van der Waals surface area contributed by atoms with Crippen molar-refractivity contribution in [2.75, 3.05) is 0 Å². The molecular formula is C8H3BrFNO2S. The topological polar surface area (TPSA) is 43.1 Å². The molecule has 3 nitrogen and oxygen atoms in total. The van der Waals surface area contributed by atoms with Crippen molar-refractivity contribution in [1.82, 2.24) is 0 Å². The minimum absolute atomic E-state index is 0.480. The number of nitro groups is 1. The number of benzene rings is 1. The van der Waals surface area contributed by atoms with Crippen molar-refractivity contribution in [2.24, 2.45) is 0 Å². The van der Waals surface area contributed by atoms with Crippen LogP contribution < -0.4 is 0 Å². The molecule has 0 unspecified atom stereocenters. The zero-order valence-corrected chi connectivity index (χ0v) is 9.06. The van der Waals surface area contributed by atoms with Gasteiger partial charge >= 0.3 is 5.69 Å². The van der Waals surface area contributed by atoms with Crippen molar-refractivity contribution < 1.29 is 9.31 Å². The average molecular weight is 276 g/mol. The maximum atomic E-state index is 13.2. The Labute approximate surface area is 90.4 Å². The molecule has 1 aromatic carbocycles. The predicted octanol–water partition coefficient (Wildman–Crippen LogP) is 3.71. The first-order valence-electron chi connectivity index (χ1n) is 3.60. The molecule has 0 atom stereocenters. The van der Waals surface area contributed by atoms with Gasteiger partial charge in [-0.1, -0.05) is 0 Å². The molecule has 0 aliphatic heterocycles. The summed E-state index contributed by atoms with van der Waals surface area (Å²) in [5.74, 6) is -0.804. The second-order valence-electron chi connectivity index (χ2n) is 2.64. The standard InChI is InChI=1S/C8H3BrFNO2S/c9-5-3-14-8-2-7(11(12)13)6(10)1-4(5)8/h1-3H. The van der Waals surface area contributed by atoms with Crippen LogP contribution in [0.1, 0.15) is 0 Å². The third kappa shape index (κ3) is 1.40. The predicted molar refractivity (Wildman–Crippen MR) is 56.1 cm³/mol. The highest BCUT2D eigenvalue weighted by molar-refractivity contribution is 9.10. The van der Waals surface area contributed by atoms with Crippen molar-refractivity contribution in [3.05, 3.63) is 37.9 Å². The Morgan fingerprint density at radius 3 is 2.86 bits per heavy atom. The molecule has 1 aromatic heterocycles. The average Bonchev–Trinajstić information content (AvgIpc) is 2.46. The highest BCUT2D eigenvalue weighted by atomic mass is 79.9. The quantitative estimate of drug-likeness (QED) is 0.588. The molecule has 2 rings (SSSR count). The van der Waals surface area contributed by atoms with Gasteiger partial charge in [-0.2, -0.15) is 4.39 Å². The Kier molecular flexibility index (Phi) is 2.24. The Morgan fingerprint density at radius 1 is 1.50 bits per heavy atom. The van der Waals surface area contributed by atoms with Crippen LogP contribution in [0.25, 0.3) is 10.1 Å². The minimum atomic E-state index is -0.804. The van der Waals surface area contributed by atoms with Gasteiger partial charge in [0.1, 0.15) is 0 Å². The van der Waals surface area contributed by atoms with Crippen molar-refractivity contribution in [3.63, 3.8) is 0 Å². The van der Waals surface area contributed by atoms with Crippen LogP contribution in [0.5, 0.6) is 0 Å². The SMILES string of the molecule is O=[N+]([O-])c1cc2scc(Br)c2cc1F. The number of nitro benzene ring substituents is 1. The van der Waals surface area contributed by atoms with E-state index in [-0.39, 0.29) is 0 Å². The number of hydrogen-bond donors (Lipinski definition) is 0. The molecule has 14 heavy (non-hydrogen) atoms. The highest BCUT2D eigenvalue weighted by Crippen LogP contribution is 2.34. The first-order chi connectivity index (χ1) is 6.59. The largest absolute Gasteiger partial charge is 0.306 e. The van der Waals surface area contributed by atoms with Crippen molar-refractivity contribution in [1.29, 1.82) is 0 Å². The lowest BCUT2D eigenvalue weighted by Gasteiger charge is -1.94. The normalized spacial score (nSPS) is 10.7. The number of nitrogens with zero attached hydrogens (tertiary/aromatic N) is 1. The minimum Gasteiger partial charge on any atom is -0.258 e. The van der Waals surface area contributed by atoms with Gasteiger partial charge in [-0.25, -0.2) is 0 Å². The van der Waals surface area contributed by atoms with Gasteiger partial charge in [-0.15, -0.1) is 11.3 Å². The summed E-state index contributed by atoms with van der Waals surface area (Å²) in [5, 5.41) is 12.9. The number of halogens is 2. The molecule has 0 saturated carbocycles. The van der Waals surface area contributed by atoms with Gasteiger partial charge in [-0.3, -0.25) is 10.1 Å². The molecule has 1 heterocycles. The highest BCUT2D eigenvalue weighted by Gasteiger charge is 2.16. The zero-order chi connectivity index (χ0) is 10.3. The summed E-state index contributed by atoms with van der Waals surface area (Å²) in [5.41, 5.74) is -0.480. The second kappa shape index (κ2) is 3.29. The fraction of sp³-hybridized carbons (Fsp3) is 0. The van der Waals surface area contributed by atoms with Gasteiger partial charge < -0.3 is 0 Å². The third-order valence-electron chi connectivity index (χ3n) is 1.79. The van der Waals surface area contributed by atoms with Gasteiger partial charge in [0, 0.05) is 26.0 Å². The lowest BCUT2D eigenvalue weighted by atomic mass is 10.2. The molecular weight excluding hydrogens is 273 g/mol.